The lowest BCUT2D eigenvalue weighted by Gasteiger charge is -2.31. The molecule has 6 atom stereocenters. The Balaban J connectivity index is 0.000000266. The van der Waals surface area contributed by atoms with Crippen molar-refractivity contribution in [3.63, 3.8) is 0 Å². The van der Waals surface area contributed by atoms with Gasteiger partial charge in [0.05, 0.1) is 47.6 Å². The highest BCUT2D eigenvalue weighted by atomic mass is 32.2. The van der Waals surface area contributed by atoms with Gasteiger partial charge in [0.1, 0.15) is 0 Å². The van der Waals surface area contributed by atoms with Gasteiger partial charge in [0.25, 0.3) is 0 Å². The Kier molecular flexibility index (Phi) is 23.2. The summed E-state index contributed by atoms with van der Waals surface area (Å²) in [5.41, 5.74) is 4.13. The Bertz CT molecular complexity index is 1570. The van der Waals surface area contributed by atoms with Crippen LogP contribution in [-0.4, -0.2) is 166 Å². The summed E-state index contributed by atoms with van der Waals surface area (Å²) in [6, 6.07) is 11.7. The summed E-state index contributed by atoms with van der Waals surface area (Å²) < 4.78 is 0. The van der Waals surface area contributed by atoms with Gasteiger partial charge in [-0.25, -0.2) is 0 Å². The Morgan fingerprint density at radius 1 is 0.469 bits per heavy atom. The predicted molar refractivity (Wildman–Crippen MR) is 284 cm³/mol. The van der Waals surface area contributed by atoms with E-state index in [9.17, 15) is 0 Å². The van der Waals surface area contributed by atoms with Crippen molar-refractivity contribution in [1.82, 2.24) is 44.1 Å². The first-order chi connectivity index (χ1) is 29.8. The number of para-hydroxylation sites is 2. The van der Waals surface area contributed by atoms with E-state index >= 15 is 0 Å². The minimum absolute atomic E-state index is 0.465. The van der Waals surface area contributed by atoms with Crippen molar-refractivity contribution in [2.24, 2.45) is 5.92 Å². The Morgan fingerprint density at radius 3 is 1.20 bits per heavy atom. The molecule has 64 heavy (non-hydrogen) atoms. The average molecular weight is 911 g/mol. The van der Waals surface area contributed by atoms with E-state index < -0.39 is 0 Å². The molecule has 6 aliphatic rings. The molecule has 0 radical (unpaired) electrons. The number of allylic oxidation sites excluding steroid dienone is 1. The molecule has 0 saturated carbocycles. The molecule has 0 aromatic heterocycles. The number of fused-ring (bicyclic) bond motifs is 1. The normalized spacial score (nSPS) is 25.0. The first kappa shape index (κ1) is 56.8. The summed E-state index contributed by atoms with van der Waals surface area (Å²) in [6.07, 6.45) is 15.6. The Labute approximate surface area is 400 Å². The Morgan fingerprint density at radius 2 is 0.953 bits per heavy atom. The molecule has 368 valence electrons. The molecule has 1 saturated heterocycles. The molecule has 1 fully saturated rings. The van der Waals surface area contributed by atoms with Crippen molar-refractivity contribution in [1.29, 1.82) is 0 Å². The van der Waals surface area contributed by atoms with Gasteiger partial charge in [0.15, 0.2) is 0 Å². The molecule has 0 spiro atoms. The van der Waals surface area contributed by atoms with Gasteiger partial charge in [-0.15, -0.1) is 11.8 Å². The van der Waals surface area contributed by atoms with Crippen LogP contribution in [0.2, 0.25) is 0 Å². The second-order valence-electron chi connectivity index (χ2n) is 20.1. The molecule has 6 aliphatic heterocycles. The third kappa shape index (κ3) is 15.4. The summed E-state index contributed by atoms with van der Waals surface area (Å²) in [4.78, 5) is 25.7. The van der Waals surface area contributed by atoms with Crippen LogP contribution in [0.15, 0.2) is 72.6 Å². The van der Waals surface area contributed by atoms with Crippen LogP contribution in [0, 0.1) is 5.92 Å². The number of hydrogen-bond acceptors (Lipinski definition) is 12. The number of nitrogens with zero attached hydrogens (tertiary/aromatic N) is 11. The molecule has 6 unspecified atom stereocenters. The third-order valence-corrected chi connectivity index (χ3v) is 14.7. The fraction of sp³-hybridized carbons (Fsp3) is 0.731. The monoisotopic (exact) mass is 910 g/mol. The van der Waals surface area contributed by atoms with E-state index in [0.29, 0.717) is 72.3 Å². The van der Waals surface area contributed by atoms with Gasteiger partial charge >= 0.3 is 0 Å². The number of hydrogen-bond donors (Lipinski definition) is 0. The topological polar surface area (TPSA) is 35.6 Å². The van der Waals surface area contributed by atoms with E-state index in [0.717, 1.165) is 0 Å². The highest BCUT2D eigenvalue weighted by Crippen LogP contribution is 2.39. The number of anilines is 2. The number of benzene rings is 1. The van der Waals surface area contributed by atoms with E-state index in [1.165, 1.54) is 30.2 Å². The molecule has 0 bridgehead atoms. The molecule has 1 aromatic carbocycles. The summed E-state index contributed by atoms with van der Waals surface area (Å²) in [6.45, 7) is 42.6. The summed E-state index contributed by atoms with van der Waals surface area (Å²) in [7, 11) is 12.8. The minimum atomic E-state index is 0.465. The van der Waals surface area contributed by atoms with Crippen LogP contribution in [0.3, 0.4) is 0 Å². The van der Waals surface area contributed by atoms with Gasteiger partial charge in [0.2, 0.25) is 0 Å². The van der Waals surface area contributed by atoms with Crippen molar-refractivity contribution >= 4 is 23.1 Å². The van der Waals surface area contributed by atoms with Gasteiger partial charge < -0.3 is 44.1 Å². The van der Waals surface area contributed by atoms with Crippen LogP contribution in [-0.2, 0) is 0 Å². The van der Waals surface area contributed by atoms with Crippen LogP contribution in [0.5, 0.6) is 0 Å². The molecule has 0 aliphatic carbocycles. The van der Waals surface area contributed by atoms with Crippen LogP contribution in [0.25, 0.3) is 0 Å². The van der Waals surface area contributed by atoms with E-state index in [2.05, 4.69) is 288 Å². The highest BCUT2D eigenvalue weighted by Gasteiger charge is 2.31. The van der Waals surface area contributed by atoms with Crippen molar-refractivity contribution in [3.05, 3.63) is 72.6 Å². The van der Waals surface area contributed by atoms with Crippen LogP contribution < -0.4 is 9.80 Å². The quantitative estimate of drug-likeness (QED) is 0.273. The maximum absolute atomic E-state index is 2.51. The van der Waals surface area contributed by atoms with E-state index in [-0.39, 0.29) is 0 Å². The molecule has 6 heterocycles. The van der Waals surface area contributed by atoms with Crippen LogP contribution in [0.4, 0.5) is 11.4 Å². The van der Waals surface area contributed by atoms with Crippen LogP contribution in [0.1, 0.15) is 125 Å². The SMILES string of the molecule is CC(C)C1=CN(C)C(C)N1C.CC(C)N1C=CN(C)C1C.CC(C)N1C=CN(C)C1C.CC(C)N1C=CSC1C.CC(C)N1CCN(C)C1C.CC(C)N1c2ccccc2N(C)C1C. The maximum Gasteiger partial charge on any atom is 0.0987 e. The standard InChI is InChI=1S/C12H18N2.C9H18N2.C8H18N2.2C8H16N2.C7H13NS/c1-9(2)14-10(3)13(4)11-7-5-6-8-12(11)14;1-7(2)9-6-10(4)8(3)11(9)5;3*1-7(2)10-6-5-9(4)8(10)3;1-6(2)8-4-5-9-7(8)3/h5-10H,1-4H3;6-8H,1-5H3;7-8H,5-6H2,1-4H3;2*5-8H,1-4H3;4-7H,1-3H3. The van der Waals surface area contributed by atoms with Gasteiger partial charge in [-0.1, -0.05) is 26.0 Å². The summed E-state index contributed by atoms with van der Waals surface area (Å²) in [5, 5.41) is 2.80. The zero-order valence-corrected chi connectivity index (χ0v) is 46.3. The Hall–Kier alpha value is -3.35. The zero-order chi connectivity index (χ0) is 48.9. The molecule has 7 rings (SSSR count). The number of thioether (sulfide) groups is 1. The van der Waals surface area contributed by atoms with Gasteiger partial charge in [0, 0.05) is 121 Å². The van der Waals surface area contributed by atoms with Gasteiger partial charge in [-0.05, 0) is 141 Å². The average Bonchev–Trinajstić information content (AvgIpc) is 4.07. The molecule has 0 N–H and O–H groups in total. The van der Waals surface area contributed by atoms with Crippen LogP contribution >= 0.6 is 11.8 Å². The lowest BCUT2D eigenvalue weighted by molar-refractivity contribution is 0.145. The molecular formula is C52H99N11S. The fourth-order valence-electron chi connectivity index (χ4n) is 8.82. The molecule has 11 nitrogen and oxygen atoms in total. The first-order valence-corrected chi connectivity index (χ1v) is 25.4. The van der Waals surface area contributed by atoms with E-state index in [4.69, 9.17) is 0 Å². The third-order valence-electron chi connectivity index (χ3n) is 13.7. The van der Waals surface area contributed by atoms with Crippen molar-refractivity contribution in [2.45, 2.75) is 191 Å². The molecule has 0 amide bonds. The second-order valence-corrected chi connectivity index (χ2v) is 21.4. The van der Waals surface area contributed by atoms with E-state index in [1.807, 2.05) is 11.8 Å². The van der Waals surface area contributed by atoms with E-state index in [1.54, 1.807) is 0 Å². The van der Waals surface area contributed by atoms with Crippen molar-refractivity contribution < 1.29 is 0 Å². The molecule has 12 heteroatoms. The highest BCUT2D eigenvalue weighted by molar-refractivity contribution is 8.02. The lowest BCUT2D eigenvalue weighted by atomic mass is 10.1. The largest absolute Gasteiger partial charge is 0.363 e. The first-order valence-electron chi connectivity index (χ1n) is 24.4. The fourth-order valence-corrected chi connectivity index (χ4v) is 9.71. The molecule has 1 aromatic rings. The number of likely N-dealkylation sites (N-methyl/N-ethyl adjacent to an activating group) is 1. The minimum Gasteiger partial charge on any atom is -0.363 e. The zero-order valence-electron chi connectivity index (χ0n) is 45.5. The lowest BCUT2D eigenvalue weighted by Crippen LogP contribution is -2.42. The summed E-state index contributed by atoms with van der Waals surface area (Å²) in [5.74, 6) is 0.632. The van der Waals surface area contributed by atoms with Crippen molar-refractivity contribution in [3.8, 4) is 0 Å². The molecular weight excluding hydrogens is 811 g/mol. The predicted octanol–water partition coefficient (Wildman–Crippen LogP) is 10.6. The second kappa shape index (κ2) is 26.1. The maximum atomic E-state index is 2.51. The van der Waals surface area contributed by atoms with Gasteiger partial charge in [-0.3, -0.25) is 9.80 Å². The van der Waals surface area contributed by atoms with Gasteiger partial charge in [-0.2, -0.15) is 0 Å². The number of rotatable bonds is 6. The summed E-state index contributed by atoms with van der Waals surface area (Å²) >= 11 is 1.88. The van der Waals surface area contributed by atoms with Crippen molar-refractivity contribution in [2.75, 3.05) is 65.2 Å². The smallest absolute Gasteiger partial charge is 0.0987 e.